The molecule has 0 amide bonds. The van der Waals surface area contributed by atoms with Crippen LogP contribution in [0.1, 0.15) is 10.4 Å². The maximum atomic E-state index is 10.6. The summed E-state index contributed by atoms with van der Waals surface area (Å²) < 4.78 is 0. The second-order valence-electron chi connectivity index (χ2n) is 4.21. The Morgan fingerprint density at radius 3 is 1.61 bits per heavy atom. The molecular formula is C17H12CuN2O3. The third-order valence-electron chi connectivity index (χ3n) is 2.70. The fourth-order valence-corrected chi connectivity index (χ4v) is 1.66. The molecule has 2 heterocycles. The smallest absolute Gasteiger partial charge is 0.872 e. The number of hydrogen-bond donors (Lipinski definition) is 0. The summed E-state index contributed by atoms with van der Waals surface area (Å²) >= 11 is 0. The SMILES string of the molecule is O=C([O-])c1ccccc1[O-].[Cu+2].c1ccc(-c2ccccn2)nc1. The minimum Gasteiger partial charge on any atom is -0.872 e. The first-order valence-corrected chi connectivity index (χ1v) is 6.48. The minimum absolute atomic E-state index is 0. The van der Waals surface area contributed by atoms with Gasteiger partial charge in [-0.3, -0.25) is 9.97 Å². The Labute approximate surface area is 144 Å². The molecule has 119 valence electrons. The van der Waals surface area contributed by atoms with Crippen molar-refractivity contribution < 1.29 is 32.1 Å². The Morgan fingerprint density at radius 1 is 0.783 bits per heavy atom. The molecule has 3 rings (SSSR count). The van der Waals surface area contributed by atoms with E-state index in [2.05, 4.69) is 9.97 Å². The third kappa shape index (κ3) is 5.54. The van der Waals surface area contributed by atoms with Crippen molar-refractivity contribution in [2.24, 2.45) is 0 Å². The van der Waals surface area contributed by atoms with E-state index < -0.39 is 11.7 Å². The summed E-state index contributed by atoms with van der Waals surface area (Å²) in [7, 11) is 0. The number of nitrogens with zero attached hydrogens (tertiary/aromatic N) is 2. The van der Waals surface area contributed by atoms with Gasteiger partial charge in [-0.2, -0.15) is 0 Å². The fourth-order valence-electron chi connectivity index (χ4n) is 1.66. The average molecular weight is 356 g/mol. The van der Waals surface area contributed by atoms with Gasteiger partial charge in [0.15, 0.2) is 0 Å². The molecule has 0 saturated heterocycles. The standard InChI is InChI=1S/C10H8N2.C7H6O3.Cu/c1-3-7-11-9(5-1)10-6-2-4-8-12-10;8-6-4-2-1-3-5(6)7(9)10;/h1-8H;1-4,8H,(H,9,10);/q;;+2/p-2. The number of carboxylic acid groups (broad SMARTS) is 1. The second-order valence-corrected chi connectivity index (χ2v) is 4.21. The Balaban J connectivity index is 0.000000224. The van der Waals surface area contributed by atoms with Crippen LogP contribution in [0.4, 0.5) is 0 Å². The zero-order valence-electron chi connectivity index (χ0n) is 11.8. The molecule has 0 N–H and O–H groups in total. The van der Waals surface area contributed by atoms with E-state index in [1.54, 1.807) is 12.4 Å². The van der Waals surface area contributed by atoms with Crippen LogP contribution >= 0.6 is 0 Å². The number of carbonyl (C=O) groups excluding carboxylic acids is 1. The molecular weight excluding hydrogens is 344 g/mol. The zero-order valence-corrected chi connectivity index (χ0v) is 12.8. The molecule has 0 aliphatic heterocycles. The molecule has 3 aromatic rings. The van der Waals surface area contributed by atoms with Gasteiger partial charge in [0.25, 0.3) is 0 Å². The van der Waals surface area contributed by atoms with Gasteiger partial charge in [-0.25, -0.2) is 0 Å². The summed E-state index contributed by atoms with van der Waals surface area (Å²) in [6.45, 7) is 0. The van der Waals surface area contributed by atoms with Crippen molar-refractivity contribution in [1.82, 2.24) is 9.97 Å². The van der Waals surface area contributed by atoms with E-state index in [1.165, 1.54) is 24.3 Å². The molecule has 2 aromatic heterocycles. The van der Waals surface area contributed by atoms with Crippen LogP contribution in [0.3, 0.4) is 0 Å². The van der Waals surface area contributed by atoms with Crippen LogP contribution in [-0.2, 0) is 17.1 Å². The summed E-state index contributed by atoms with van der Waals surface area (Å²) in [5, 5.41) is 20.8. The van der Waals surface area contributed by atoms with E-state index in [9.17, 15) is 15.0 Å². The second kappa shape index (κ2) is 9.35. The number of hydrogen-bond acceptors (Lipinski definition) is 5. The van der Waals surface area contributed by atoms with Crippen molar-refractivity contribution in [3.05, 3.63) is 78.6 Å². The zero-order chi connectivity index (χ0) is 15.8. The number of carbonyl (C=O) groups is 1. The molecule has 1 radical (unpaired) electrons. The number of aromatic carboxylic acids is 1. The van der Waals surface area contributed by atoms with Gasteiger partial charge in [0, 0.05) is 12.4 Å². The van der Waals surface area contributed by atoms with Gasteiger partial charge in [0.1, 0.15) is 0 Å². The van der Waals surface area contributed by atoms with Crippen LogP contribution in [0.15, 0.2) is 73.1 Å². The Hall–Kier alpha value is -2.69. The quantitative estimate of drug-likeness (QED) is 0.646. The molecule has 0 aliphatic carbocycles. The van der Waals surface area contributed by atoms with Crippen molar-refractivity contribution in [3.8, 4) is 17.1 Å². The van der Waals surface area contributed by atoms with Crippen LogP contribution in [-0.4, -0.2) is 15.9 Å². The summed E-state index contributed by atoms with van der Waals surface area (Å²) in [5.41, 5.74) is 1.54. The van der Waals surface area contributed by atoms with Crippen LogP contribution in [0.25, 0.3) is 11.4 Å². The van der Waals surface area contributed by atoms with Crippen LogP contribution in [0.5, 0.6) is 5.75 Å². The third-order valence-corrected chi connectivity index (χ3v) is 2.70. The molecule has 0 aliphatic rings. The molecule has 0 spiro atoms. The maximum absolute atomic E-state index is 10.6. The summed E-state index contributed by atoms with van der Waals surface area (Å²) in [6, 6.07) is 17.0. The predicted octanol–water partition coefficient (Wildman–Crippen LogP) is 1.26. The van der Waals surface area contributed by atoms with Crippen molar-refractivity contribution >= 4 is 5.97 Å². The number of aromatic nitrogens is 2. The summed E-state index contributed by atoms with van der Waals surface area (Å²) in [5.74, 6) is -1.94. The van der Waals surface area contributed by atoms with Crippen LogP contribution < -0.4 is 10.2 Å². The van der Waals surface area contributed by atoms with Gasteiger partial charge in [0.05, 0.1) is 17.4 Å². The Morgan fingerprint density at radius 2 is 1.26 bits per heavy atom. The normalized spacial score (nSPS) is 9.04. The Kier molecular flexibility index (Phi) is 7.46. The number of carboxylic acids is 1. The van der Waals surface area contributed by atoms with E-state index in [0.717, 1.165) is 11.4 Å². The molecule has 0 bridgehead atoms. The summed E-state index contributed by atoms with van der Waals surface area (Å²) in [6.07, 6.45) is 3.54. The molecule has 1 aromatic carbocycles. The molecule has 23 heavy (non-hydrogen) atoms. The van der Waals surface area contributed by atoms with Crippen molar-refractivity contribution in [3.63, 3.8) is 0 Å². The van der Waals surface area contributed by atoms with Gasteiger partial charge >= 0.3 is 17.1 Å². The topological polar surface area (TPSA) is 89.0 Å². The monoisotopic (exact) mass is 355 g/mol. The minimum atomic E-state index is -1.43. The van der Waals surface area contributed by atoms with E-state index >= 15 is 0 Å². The predicted molar refractivity (Wildman–Crippen MR) is 77.7 cm³/mol. The maximum Gasteiger partial charge on any atom is 2.00 e. The largest absolute Gasteiger partial charge is 2.00 e. The molecule has 6 heteroatoms. The van der Waals surface area contributed by atoms with Crippen LogP contribution in [0, 0.1) is 0 Å². The van der Waals surface area contributed by atoms with E-state index in [0.29, 0.717) is 0 Å². The van der Waals surface area contributed by atoms with Gasteiger partial charge in [-0.1, -0.05) is 42.1 Å². The average Bonchev–Trinajstić information content (AvgIpc) is 2.57. The van der Waals surface area contributed by atoms with Gasteiger partial charge in [0.2, 0.25) is 0 Å². The van der Waals surface area contributed by atoms with Gasteiger partial charge in [-0.15, -0.1) is 0 Å². The molecule has 0 unspecified atom stereocenters. The molecule has 0 atom stereocenters. The van der Waals surface area contributed by atoms with Crippen molar-refractivity contribution in [2.45, 2.75) is 0 Å². The van der Waals surface area contributed by atoms with Crippen LogP contribution in [0.2, 0.25) is 0 Å². The van der Waals surface area contributed by atoms with E-state index in [4.69, 9.17) is 0 Å². The number of rotatable bonds is 2. The van der Waals surface area contributed by atoms with Gasteiger partial charge < -0.3 is 15.0 Å². The van der Waals surface area contributed by atoms with E-state index in [1.807, 2.05) is 36.4 Å². The number of para-hydroxylation sites is 1. The first kappa shape index (κ1) is 18.4. The van der Waals surface area contributed by atoms with Gasteiger partial charge in [-0.05, 0) is 29.8 Å². The Bertz CT molecular complexity index is 700. The number of pyridine rings is 2. The molecule has 5 nitrogen and oxygen atoms in total. The first-order valence-electron chi connectivity index (χ1n) is 6.48. The fraction of sp³-hybridized carbons (Fsp3) is 0. The van der Waals surface area contributed by atoms with Crippen molar-refractivity contribution in [2.75, 3.05) is 0 Å². The summed E-state index contributed by atoms with van der Waals surface area (Å²) in [4.78, 5) is 18.5. The van der Waals surface area contributed by atoms with E-state index in [-0.39, 0.29) is 22.6 Å². The van der Waals surface area contributed by atoms with Crippen molar-refractivity contribution in [1.29, 1.82) is 0 Å². The number of benzene rings is 1. The first-order chi connectivity index (χ1) is 10.7. The molecule has 0 fully saturated rings. The molecule has 0 saturated carbocycles.